The summed E-state index contributed by atoms with van der Waals surface area (Å²) in [5, 5.41) is 4.96. The SMILES string of the molecule is COc1ccc(NC(=O)CNc2ccc(F)c(F)c2F)cc1OC. The standard InChI is InChI=1S/C16H15F3N2O3/c1-23-12-6-3-9(7-13(12)24-2)21-14(22)8-20-11-5-4-10(17)15(18)16(11)19/h3-7,20H,8H2,1-2H3,(H,21,22). The lowest BCUT2D eigenvalue weighted by Crippen LogP contribution is -2.22. The molecule has 1 amide bonds. The number of nitrogens with one attached hydrogen (secondary N) is 2. The summed E-state index contributed by atoms with van der Waals surface area (Å²) >= 11 is 0. The van der Waals surface area contributed by atoms with Crippen molar-refractivity contribution in [2.45, 2.75) is 0 Å². The largest absolute Gasteiger partial charge is 0.493 e. The van der Waals surface area contributed by atoms with Gasteiger partial charge < -0.3 is 20.1 Å². The van der Waals surface area contributed by atoms with E-state index in [0.29, 0.717) is 17.2 Å². The number of hydrogen-bond acceptors (Lipinski definition) is 4. The molecule has 0 aromatic heterocycles. The number of ether oxygens (including phenoxy) is 2. The lowest BCUT2D eigenvalue weighted by atomic mass is 10.2. The highest BCUT2D eigenvalue weighted by Gasteiger charge is 2.14. The monoisotopic (exact) mass is 340 g/mol. The predicted octanol–water partition coefficient (Wildman–Crippen LogP) is 3.17. The van der Waals surface area contributed by atoms with Crippen molar-refractivity contribution in [3.8, 4) is 11.5 Å². The van der Waals surface area contributed by atoms with Gasteiger partial charge >= 0.3 is 0 Å². The highest BCUT2D eigenvalue weighted by molar-refractivity contribution is 5.94. The molecular weight excluding hydrogens is 325 g/mol. The van der Waals surface area contributed by atoms with E-state index < -0.39 is 23.4 Å². The number of rotatable bonds is 6. The van der Waals surface area contributed by atoms with Crippen LogP contribution in [0.25, 0.3) is 0 Å². The van der Waals surface area contributed by atoms with Crippen LogP contribution in [-0.4, -0.2) is 26.7 Å². The molecule has 0 spiro atoms. The minimum absolute atomic E-state index is 0.309. The van der Waals surface area contributed by atoms with Crippen molar-refractivity contribution < 1.29 is 27.4 Å². The Labute approximate surface area is 136 Å². The van der Waals surface area contributed by atoms with Crippen molar-refractivity contribution in [1.82, 2.24) is 0 Å². The molecule has 0 heterocycles. The Kier molecular flexibility index (Phi) is 5.51. The molecule has 0 atom stereocenters. The van der Waals surface area contributed by atoms with Gasteiger partial charge in [0.1, 0.15) is 0 Å². The van der Waals surface area contributed by atoms with Gasteiger partial charge in [-0.3, -0.25) is 4.79 Å². The Morgan fingerprint density at radius 1 is 1.00 bits per heavy atom. The Morgan fingerprint density at radius 2 is 1.71 bits per heavy atom. The van der Waals surface area contributed by atoms with Crippen LogP contribution in [-0.2, 0) is 4.79 Å². The third-order valence-electron chi connectivity index (χ3n) is 3.14. The predicted molar refractivity (Wildman–Crippen MR) is 83.0 cm³/mol. The van der Waals surface area contributed by atoms with Gasteiger partial charge in [0.25, 0.3) is 0 Å². The summed E-state index contributed by atoms with van der Waals surface area (Å²) in [5.74, 6) is -3.86. The van der Waals surface area contributed by atoms with Gasteiger partial charge in [0.05, 0.1) is 26.5 Å². The zero-order chi connectivity index (χ0) is 17.7. The van der Waals surface area contributed by atoms with E-state index in [2.05, 4.69) is 10.6 Å². The molecule has 5 nitrogen and oxygen atoms in total. The molecule has 24 heavy (non-hydrogen) atoms. The van der Waals surface area contributed by atoms with Crippen LogP contribution in [0.3, 0.4) is 0 Å². The van der Waals surface area contributed by atoms with Gasteiger partial charge in [-0.05, 0) is 24.3 Å². The van der Waals surface area contributed by atoms with Gasteiger partial charge in [-0.15, -0.1) is 0 Å². The van der Waals surface area contributed by atoms with Crippen LogP contribution in [0.2, 0.25) is 0 Å². The second-order valence-electron chi connectivity index (χ2n) is 4.69. The van der Waals surface area contributed by atoms with Crippen LogP contribution < -0.4 is 20.1 Å². The Bertz CT molecular complexity index is 754. The number of hydrogen-bond donors (Lipinski definition) is 2. The normalized spacial score (nSPS) is 10.2. The number of halogens is 3. The quantitative estimate of drug-likeness (QED) is 0.793. The maximum Gasteiger partial charge on any atom is 0.243 e. The minimum Gasteiger partial charge on any atom is -0.493 e. The molecule has 0 fully saturated rings. The molecule has 0 aliphatic carbocycles. The smallest absolute Gasteiger partial charge is 0.243 e. The number of carbonyl (C=O) groups excluding carboxylic acids is 1. The molecule has 2 aromatic carbocycles. The second-order valence-corrected chi connectivity index (χ2v) is 4.69. The summed E-state index contributed by atoms with van der Waals surface area (Å²) in [7, 11) is 2.94. The fourth-order valence-electron chi connectivity index (χ4n) is 1.96. The first-order valence-electron chi connectivity index (χ1n) is 6.85. The summed E-state index contributed by atoms with van der Waals surface area (Å²) in [6, 6.07) is 6.54. The molecule has 2 rings (SSSR count). The zero-order valence-electron chi connectivity index (χ0n) is 13.0. The summed E-state index contributed by atoms with van der Waals surface area (Å²) < 4.78 is 49.6. The summed E-state index contributed by atoms with van der Waals surface area (Å²) in [6.45, 7) is -0.337. The van der Waals surface area contributed by atoms with Gasteiger partial charge in [0, 0.05) is 11.8 Å². The molecule has 2 aromatic rings. The lowest BCUT2D eigenvalue weighted by molar-refractivity contribution is -0.114. The minimum atomic E-state index is -1.60. The third kappa shape index (κ3) is 3.89. The molecule has 0 unspecified atom stereocenters. The number of methoxy groups -OCH3 is 2. The van der Waals surface area contributed by atoms with Crippen molar-refractivity contribution in [3.05, 3.63) is 47.8 Å². The third-order valence-corrected chi connectivity index (χ3v) is 3.14. The molecule has 0 bridgehead atoms. The Morgan fingerprint density at radius 3 is 2.38 bits per heavy atom. The number of amides is 1. The van der Waals surface area contributed by atoms with Gasteiger partial charge in [0.15, 0.2) is 29.0 Å². The van der Waals surface area contributed by atoms with Crippen LogP contribution in [0.4, 0.5) is 24.5 Å². The summed E-state index contributed by atoms with van der Waals surface area (Å²) in [5.41, 5.74) is 0.126. The highest BCUT2D eigenvalue weighted by atomic mass is 19.2. The van der Waals surface area contributed by atoms with E-state index in [9.17, 15) is 18.0 Å². The maximum absolute atomic E-state index is 13.5. The van der Waals surface area contributed by atoms with E-state index in [0.717, 1.165) is 12.1 Å². The molecule has 8 heteroatoms. The van der Waals surface area contributed by atoms with E-state index in [1.165, 1.54) is 14.2 Å². The number of carbonyl (C=O) groups is 1. The molecule has 128 valence electrons. The van der Waals surface area contributed by atoms with Gasteiger partial charge in [-0.1, -0.05) is 0 Å². The first-order chi connectivity index (χ1) is 11.5. The average Bonchev–Trinajstić information content (AvgIpc) is 2.59. The maximum atomic E-state index is 13.5. The van der Waals surface area contributed by atoms with Crippen molar-refractivity contribution in [1.29, 1.82) is 0 Å². The van der Waals surface area contributed by atoms with Crippen molar-refractivity contribution in [2.75, 3.05) is 31.4 Å². The molecule has 2 N–H and O–H groups in total. The average molecular weight is 340 g/mol. The summed E-state index contributed by atoms with van der Waals surface area (Å²) in [4.78, 5) is 11.9. The summed E-state index contributed by atoms with van der Waals surface area (Å²) in [6.07, 6.45) is 0. The molecule has 0 saturated carbocycles. The van der Waals surface area contributed by atoms with E-state index in [4.69, 9.17) is 9.47 Å². The van der Waals surface area contributed by atoms with E-state index >= 15 is 0 Å². The van der Waals surface area contributed by atoms with Crippen LogP contribution in [0, 0.1) is 17.5 Å². The molecular formula is C16H15F3N2O3. The van der Waals surface area contributed by atoms with Crippen LogP contribution in [0.1, 0.15) is 0 Å². The lowest BCUT2D eigenvalue weighted by Gasteiger charge is -2.11. The van der Waals surface area contributed by atoms with Crippen molar-refractivity contribution >= 4 is 17.3 Å². The van der Waals surface area contributed by atoms with Gasteiger partial charge in [-0.2, -0.15) is 0 Å². The van der Waals surface area contributed by atoms with Crippen LogP contribution in [0.15, 0.2) is 30.3 Å². The molecule has 0 saturated heterocycles. The van der Waals surface area contributed by atoms with Gasteiger partial charge in [-0.25, -0.2) is 13.2 Å². The Hall–Kier alpha value is -2.90. The van der Waals surface area contributed by atoms with Crippen LogP contribution >= 0.6 is 0 Å². The highest BCUT2D eigenvalue weighted by Crippen LogP contribution is 2.29. The van der Waals surface area contributed by atoms with Crippen molar-refractivity contribution in [2.24, 2.45) is 0 Å². The van der Waals surface area contributed by atoms with Crippen molar-refractivity contribution in [3.63, 3.8) is 0 Å². The Balaban J connectivity index is 2.00. The topological polar surface area (TPSA) is 59.6 Å². The van der Waals surface area contributed by atoms with E-state index in [1.54, 1.807) is 18.2 Å². The second kappa shape index (κ2) is 7.58. The van der Waals surface area contributed by atoms with E-state index in [1.807, 2.05) is 0 Å². The first-order valence-corrected chi connectivity index (χ1v) is 6.85. The van der Waals surface area contributed by atoms with Crippen LogP contribution in [0.5, 0.6) is 11.5 Å². The number of benzene rings is 2. The molecule has 0 aliphatic rings. The fourth-order valence-corrected chi connectivity index (χ4v) is 1.96. The first kappa shape index (κ1) is 17.5. The molecule has 0 aliphatic heterocycles. The van der Waals surface area contributed by atoms with E-state index in [-0.39, 0.29) is 12.2 Å². The fraction of sp³-hybridized carbons (Fsp3) is 0.188. The zero-order valence-corrected chi connectivity index (χ0v) is 13.0. The van der Waals surface area contributed by atoms with Gasteiger partial charge in [0.2, 0.25) is 5.91 Å². The number of anilines is 2. The molecule has 0 radical (unpaired) electrons.